The Hall–Kier alpha value is -0.820. The Morgan fingerprint density at radius 2 is 1.67 bits per heavy atom. The lowest BCUT2D eigenvalue weighted by Gasteiger charge is -2.42. The van der Waals surface area contributed by atoms with Crippen molar-refractivity contribution in [3.05, 3.63) is 35.9 Å². The van der Waals surface area contributed by atoms with E-state index in [4.69, 9.17) is 0 Å². The van der Waals surface area contributed by atoms with Crippen molar-refractivity contribution < 1.29 is 0 Å². The molecule has 1 aliphatic heterocycles. The first-order valence-corrected chi connectivity index (χ1v) is 6.02. The second-order valence-electron chi connectivity index (χ2n) is 4.93. The minimum absolute atomic E-state index is 0.409. The van der Waals surface area contributed by atoms with E-state index in [0.717, 1.165) is 19.0 Å². The average molecular weight is 203 g/mol. The van der Waals surface area contributed by atoms with E-state index in [1.807, 2.05) is 0 Å². The second-order valence-corrected chi connectivity index (χ2v) is 4.93. The molecule has 2 rings (SSSR count). The van der Waals surface area contributed by atoms with Crippen LogP contribution in [0.5, 0.6) is 0 Å². The molecule has 0 amide bonds. The number of nitrogens with one attached hydrogen (secondary N) is 1. The van der Waals surface area contributed by atoms with Crippen LogP contribution in [0.4, 0.5) is 0 Å². The summed E-state index contributed by atoms with van der Waals surface area (Å²) in [6.45, 7) is 7.04. The highest BCUT2D eigenvalue weighted by Crippen LogP contribution is 2.39. The fourth-order valence-corrected chi connectivity index (χ4v) is 2.84. The number of hydrogen-bond acceptors (Lipinski definition) is 1. The quantitative estimate of drug-likeness (QED) is 0.779. The van der Waals surface area contributed by atoms with Gasteiger partial charge in [0.25, 0.3) is 0 Å². The van der Waals surface area contributed by atoms with Crippen molar-refractivity contribution in [1.29, 1.82) is 0 Å². The molecule has 1 saturated heterocycles. The summed E-state index contributed by atoms with van der Waals surface area (Å²) in [5, 5.41) is 3.46. The van der Waals surface area contributed by atoms with Crippen LogP contribution in [-0.4, -0.2) is 13.1 Å². The molecule has 1 nitrogen and oxygen atoms in total. The standard InChI is InChI=1S/C14H21N/c1-12(2)14(8-10-15-11-9-14)13-6-4-3-5-7-13/h3-7,12,15H,8-11H2,1-2H3. The maximum atomic E-state index is 3.46. The molecule has 0 aliphatic carbocycles. The molecule has 1 N–H and O–H groups in total. The number of rotatable bonds is 2. The third-order valence-electron chi connectivity index (χ3n) is 3.95. The van der Waals surface area contributed by atoms with Gasteiger partial charge in [-0.3, -0.25) is 0 Å². The van der Waals surface area contributed by atoms with E-state index < -0.39 is 0 Å². The lowest BCUT2D eigenvalue weighted by molar-refractivity contribution is 0.228. The summed E-state index contributed by atoms with van der Waals surface area (Å²) < 4.78 is 0. The monoisotopic (exact) mass is 203 g/mol. The Kier molecular flexibility index (Phi) is 3.11. The fraction of sp³-hybridized carbons (Fsp3) is 0.571. The third kappa shape index (κ3) is 1.93. The maximum absolute atomic E-state index is 3.46. The summed E-state index contributed by atoms with van der Waals surface area (Å²) in [5.74, 6) is 0.724. The van der Waals surface area contributed by atoms with Crippen molar-refractivity contribution in [3.63, 3.8) is 0 Å². The Labute approximate surface area is 92.9 Å². The zero-order valence-corrected chi connectivity index (χ0v) is 9.79. The minimum Gasteiger partial charge on any atom is -0.317 e. The van der Waals surface area contributed by atoms with Crippen molar-refractivity contribution in [2.75, 3.05) is 13.1 Å². The molecule has 0 unspecified atom stereocenters. The largest absolute Gasteiger partial charge is 0.317 e. The van der Waals surface area contributed by atoms with Gasteiger partial charge in [-0.1, -0.05) is 44.2 Å². The Bertz CT molecular complexity index is 296. The van der Waals surface area contributed by atoms with E-state index in [1.54, 1.807) is 0 Å². The van der Waals surface area contributed by atoms with Crippen molar-refractivity contribution in [2.45, 2.75) is 32.1 Å². The van der Waals surface area contributed by atoms with Crippen LogP contribution in [0.3, 0.4) is 0 Å². The minimum atomic E-state index is 0.409. The molecule has 0 bridgehead atoms. The lowest BCUT2D eigenvalue weighted by Crippen LogP contribution is -2.43. The van der Waals surface area contributed by atoms with Gasteiger partial charge in [-0.05, 0) is 37.4 Å². The molecule has 15 heavy (non-hydrogen) atoms. The van der Waals surface area contributed by atoms with E-state index in [-0.39, 0.29) is 0 Å². The lowest BCUT2D eigenvalue weighted by atomic mass is 9.66. The third-order valence-corrected chi connectivity index (χ3v) is 3.95. The second kappa shape index (κ2) is 4.36. The number of hydrogen-bond donors (Lipinski definition) is 1. The van der Waals surface area contributed by atoms with Crippen molar-refractivity contribution >= 4 is 0 Å². The first kappa shape index (κ1) is 10.7. The van der Waals surface area contributed by atoms with E-state index in [0.29, 0.717) is 5.41 Å². The molecular formula is C14H21N. The molecule has 1 aliphatic rings. The van der Waals surface area contributed by atoms with Gasteiger partial charge in [-0.25, -0.2) is 0 Å². The highest BCUT2D eigenvalue weighted by atomic mass is 14.9. The van der Waals surface area contributed by atoms with Crippen LogP contribution in [0, 0.1) is 5.92 Å². The summed E-state index contributed by atoms with van der Waals surface area (Å²) >= 11 is 0. The molecule has 0 atom stereocenters. The molecule has 1 fully saturated rings. The molecule has 1 aromatic rings. The van der Waals surface area contributed by atoms with Crippen LogP contribution in [-0.2, 0) is 5.41 Å². The van der Waals surface area contributed by atoms with E-state index in [2.05, 4.69) is 49.5 Å². The molecule has 0 aromatic heterocycles. The van der Waals surface area contributed by atoms with Gasteiger partial charge in [0.2, 0.25) is 0 Å². The number of benzene rings is 1. The van der Waals surface area contributed by atoms with Crippen LogP contribution in [0.1, 0.15) is 32.3 Å². The van der Waals surface area contributed by atoms with Crippen LogP contribution in [0.2, 0.25) is 0 Å². The summed E-state index contributed by atoms with van der Waals surface area (Å²) in [4.78, 5) is 0. The van der Waals surface area contributed by atoms with E-state index >= 15 is 0 Å². The number of piperidine rings is 1. The Balaban J connectivity index is 2.34. The van der Waals surface area contributed by atoms with Crippen LogP contribution in [0.25, 0.3) is 0 Å². The summed E-state index contributed by atoms with van der Waals surface area (Å²) in [5.41, 5.74) is 1.94. The zero-order valence-electron chi connectivity index (χ0n) is 9.79. The molecule has 1 aromatic carbocycles. The van der Waals surface area contributed by atoms with Crippen molar-refractivity contribution in [3.8, 4) is 0 Å². The van der Waals surface area contributed by atoms with Gasteiger partial charge in [-0.2, -0.15) is 0 Å². The van der Waals surface area contributed by atoms with Gasteiger partial charge in [0.15, 0.2) is 0 Å². The average Bonchev–Trinajstić information content (AvgIpc) is 2.31. The predicted molar refractivity (Wildman–Crippen MR) is 65.1 cm³/mol. The smallest absolute Gasteiger partial charge is 0.00000815 e. The van der Waals surface area contributed by atoms with Gasteiger partial charge < -0.3 is 5.32 Å². The Morgan fingerprint density at radius 3 is 2.20 bits per heavy atom. The molecule has 1 heterocycles. The van der Waals surface area contributed by atoms with Gasteiger partial charge in [-0.15, -0.1) is 0 Å². The molecule has 82 valence electrons. The topological polar surface area (TPSA) is 12.0 Å². The fourth-order valence-electron chi connectivity index (χ4n) is 2.84. The molecule has 1 heteroatoms. The molecule has 0 radical (unpaired) electrons. The molecule has 0 saturated carbocycles. The summed E-state index contributed by atoms with van der Waals surface area (Å²) in [6.07, 6.45) is 2.54. The predicted octanol–water partition coefficient (Wildman–Crippen LogP) is 2.96. The van der Waals surface area contributed by atoms with Crippen molar-refractivity contribution in [1.82, 2.24) is 5.32 Å². The first-order valence-electron chi connectivity index (χ1n) is 6.02. The van der Waals surface area contributed by atoms with Gasteiger partial charge >= 0.3 is 0 Å². The maximum Gasteiger partial charge on any atom is 0.00000815 e. The van der Waals surface area contributed by atoms with Crippen LogP contribution < -0.4 is 5.32 Å². The highest BCUT2D eigenvalue weighted by molar-refractivity contribution is 5.27. The Morgan fingerprint density at radius 1 is 1.07 bits per heavy atom. The van der Waals surface area contributed by atoms with Crippen molar-refractivity contribution in [2.24, 2.45) is 5.92 Å². The highest BCUT2D eigenvalue weighted by Gasteiger charge is 2.36. The summed E-state index contributed by atoms with van der Waals surface area (Å²) in [7, 11) is 0. The normalized spacial score (nSPS) is 20.5. The zero-order chi connectivity index (χ0) is 10.7. The summed E-state index contributed by atoms with van der Waals surface area (Å²) in [6, 6.07) is 11.0. The molecule has 0 spiro atoms. The van der Waals surface area contributed by atoms with Crippen LogP contribution >= 0.6 is 0 Å². The van der Waals surface area contributed by atoms with Crippen LogP contribution in [0.15, 0.2) is 30.3 Å². The van der Waals surface area contributed by atoms with Gasteiger partial charge in [0.05, 0.1) is 0 Å². The van der Waals surface area contributed by atoms with Gasteiger partial charge in [0.1, 0.15) is 0 Å². The van der Waals surface area contributed by atoms with Gasteiger partial charge in [0, 0.05) is 5.41 Å². The molecular weight excluding hydrogens is 182 g/mol. The van der Waals surface area contributed by atoms with E-state index in [1.165, 1.54) is 18.4 Å². The van der Waals surface area contributed by atoms with E-state index in [9.17, 15) is 0 Å². The first-order chi connectivity index (χ1) is 7.26. The SMILES string of the molecule is CC(C)C1(c2ccccc2)CCNCC1.